The molecule has 1 saturated heterocycles. The van der Waals surface area contributed by atoms with Crippen molar-refractivity contribution in [1.29, 1.82) is 5.26 Å². The minimum absolute atomic E-state index is 0.0716. The van der Waals surface area contributed by atoms with E-state index in [1.807, 2.05) is 4.90 Å². The third kappa shape index (κ3) is 2.03. The Labute approximate surface area is 94.5 Å². The number of hydrogen-bond donors (Lipinski definition) is 0. The van der Waals surface area contributed by atoms with Crippen LogP contribution in [0.3, 0.4) is 0 Å². The lowest BCUT2D eigenvalue weighted by Gasteiger charge is -2.31. The summed E-state index contributed by atoms with van der Waals surface area (Å²) in [7, 11) is 0. The first-order valence-corrected chi connectivity index (χ1v) is 5.40. The molecule has 1 aromatic heterocycles. The number of rotatable bonds is 2. The molecule has 2 rings (SSSR count). The van der Waals surface area contributed by atoms with Crippen LogP contribution in [-0.2, 0) is 4.79 Å². The van der Waals surface area contributed by atoms with Crippen LogP contribution in [0.15, 0.2) is 18.3 Å². The van der Waals surface area contributed by atoms with Crippen molar-refractivity contribution in [3.05, 3.63) is 23.9 Å². The van der Waals surface area contributed by atoms with Crippen molar-refractivity contribution >= 4 is 12.1 Å². The predicted molar refractivity (Wildman–Crippen MR) is 60.0 cm³/mol. The van der Waals surface area contributed by atoms with Gasteiger partial charge in [0.15, 0.2) is 0 Å². The molecule has 1 aromatic rings. The quantitative estimate of drug-likeness (QED) is 0.699. The predicted octanol–water partition coefficient (Wildman–Crippen LogP) is 1.37. The third-order valence-corrected chi connectivity index (χ3v) is 2.86. The lowest BCUT2D eigenvalue weighted by molar-refractivity contribution is -0.111. The topological polar surface area (TPSA) is 57.0 Å². The first-order chi connectivity index (χ1) is 7.85. The van der Waals surface area contributed by atoms with Gasteiger partial charge in [-0.3, -0.25) is 0 Å². The van der Waals surface area contributed by atoms with Gasteiger partial charge in [-0.2, -0.15) is 5.26 Å². The van der Waals surface area contributed by atoms with E-state index in [9.17, 15) is 4.79 Å². The molecule has 0 spiro atoms. The third-order valence-electron chi connectivity index (χ3n) is 2.86. The second kappa shape index (κ2) is 4.75. The Morgan fingerprint density at radius 3 is 3.25 bits per heavy atom. The molecular formula is C12H13N3O. The molecule has 0 N–H and O–H groups in total. The Hall–Kier alpha value is -1.89. The highest BCUT2D eigenvalue weighted by Gasteiger charge is 2.21. The summed E-state index contributed by atoms with van der Waals surface area (Å²) in [5.41, 5.74) is 0.578. The fourth-order valence-electron chi connectivity index (χ4n) is 2.05. The highest BCUT2D eigenvalue weighted by molar-refractivity contribution is 5.58. The Kier molecular flexibility index (Phi) is 3.16. The summed E-state index contributed by atoms with van der Waals surface area (Å²) in [5.74, 6) is 0.777. The molecule has 2 heterocycles. The Morgan fingerprint density at radius 1 is 1.62 bits per heavy atom. The molecule has 4 nitrogen and oxygen atoms in total. The Morgan fingerprint density at radius 2 is 2.50 bits per heavy atom. The molecule has 0 radical (unpaired) electrons. The van der Waals surface area contributed by atoms with E-state index >= 15 is 0 Å². The van der Waals surface area contributed by atoms with Crippen LogP contribution in [0.5, 0.6) is 0 Å². The highest BCUT2D eigenvalue weighted by Crippen LogP contribution is 2.22. The number of carbonyl (C=O) groups is 1. The van der Waals surface area contributed by atoms with Gasteiger partial charge in [0.2, 0.25) is 0 Å². The molecule has 1 unspecified atom stereocenters. The largest absolute Gasteiger partial charge is 0.355 e. The molecular weight excluding hydrogens is 202 g/mol. The minimum atomic E-state index is 0.0716. The van der Waals surface area contributed by atoms with Gasteiger partial charge in [0.05, 0.1) is 5.56 Å². The van der Waals surface area contributed by atoms with Crippen LogP contribution in [0.25, 0.3) is 0 Å². The van der Waals surface area contributed by atoms with Crippen molar-refractivity contribution in [3.63, 3.8) is 0 Å². The maximum absolute atomic E-state index is 10.8. The SMILES string of the molecule is N#Cc1cccnc1N1CCCC(C=O)C1. The zero-order valence-corrected chi connectivity index (χ0v) is 8.97. The first kappa shape index (κ1) is 10.6. The maximum Gasteiger partial charge on any atom is 0.146 e. The van der Waals surface area contributed by atoms with Crippen LogP contribution < -0.4 is 4.90 Å². The molecule has 0 saturated carbocycles. The van der Waals surface area contributed by atoms with Crippen LogP contribution >= 0.6 is 0 Å². The lowest BCUT2D eigenvalue weighted by Crippen LogP contribution is -2.36. The molecule has 1 atom stereocenters. The molecule has 1 aliphatic heterocycles. The highest BCUT2D eigenvalue weighted by atomic mass is 16.1. The number of aldehydes is 1. The van der Waals surface area contributed by atoms with Crippen LogP contribution in [0.1, 0.15) is 18.4 Å². The summed E-state index contributed by atoms with van der Waals surface area (Å²) in [6.45, 7) is 1.55. The molecule has 1 fully saturated rings. The molecule has 4 heteroatoms. The van der Waals surface area contributed by atoms with Crippen LogP contribution in [0, 0.1) is 17.2 Å². The van der Waals surface area contributed by atoms with Gasteiger partial charge in [-0.25, -0.2) is 4.98 Å². The number of hydrogen-bond acceptors (Lipinski definition) is 4. The van der Waals surface area contributed by atoms with Gasteiger partial charge in [-0.05, 0) is 25.0 Å². The van der Waals surface area contributed by atoms with Crippen molar-refractivity contribution in [2.75, 3.05) is 18.0 Å². The van der Waals surface area contributed by atoms with Crippen LogP contribution in [-0.4, -0.2) is 24.4 Å². The molecule has 0 bridgehead atoms. The van der Waals surface area contributed by atoms with E-state index in [2.05, 4.69) is 11.1 Å². The summed E-state index contributed by atoms with van der Waals surface area (Å²) in [6.07, 6.45) is 4.60. The van der Waals surface area contributed by atoms with Crippen molar-refractivity contribution in [2.45, 2.75) is 12.8 Å². The monoisotopic (exact) mass is 215 g/mol. The van der Waals surface area contributed by atoms with Crippen molar-refractivity contribution in [3.8, 4) is 6.07 Å². The second-order valence-electron chi connectivity index (χ2n) is 3.97. The average molecular weight is 215 g/mol. The number of pyridine rings is 1. The zero-order chi connectivity index (χ0) is 11.4. The van der Waals surface area contributed by atoms with Gasteiger partial charge in [-0.1, -0.05) is 0 Å². The van der Waals surface area contributed by atoms with Gasteiger partial charge < -0.3 is 9.69 Å². The van der Waals surface area contributed by atoms with E-state index in [1.54, 1.807) is 18.3 Å². The Balaban J connectivity index is 2.23. The molecule has 16 heavy (non-hydrogen) atoms. The van der Waals surface area contributed by atoms with E-state index in [4.69, 9.17) is 5.26 Å². The van der Waals surface area contributed by atoms with Crippen LogP contribution in [0.4, 0.5) is 5.82 Å². The fourth-order valence-corrected chi connectivity index (χ4v) is 2.05. The number of nitriles is 1. The maximum atomic E-state index is 10.8. The summed E-state index contributed by atoms with van der Waals surface area (Å²) >= 11 is 0. The number of carbonyl (C=O) groups excluding carboxylic acids is 1. The normalized spacial score (nSPS) is 20.2. The van der Waals surface area contributed by atoms with Gasteiger partial charge >= 0.3 is 0 Å². The average Bonchev–Trinajstić information content (AvgIpc) is 2.38. The smallest absolute Gasteiger partial charge is 0.146 e. The van der Waals surface area contributed by atoms with Crippen molar-refractivity contribution in [1.82, 2.24) is 4.98 Å². The van der Waals surface area contributed by atoms with E-state index in [0.717, 1.165) is 25.7 Å². The van der Waals surface area contributed by atoms with E-state index in [1.165, 1.54) is 0 Å². The molecule has 1 aliphatic rings. The fraction of sp³-hybridized carbons (Fsp3) is 0.417. The second-order valence-corrected chi connectivity index (χ2v) is 3.97. The van der Waals surface area contributed by atoms with Gasteiger partial charge in [0.1, 0.15) is 18.2 Å². The molecule has 0 aromatic carbocycles. The number of anilines is 1. The molecule has 82 valence electrons. The number of piperidine rings is 1. The number of nitrogens with zero attached hydrogens (tertiary/aromatic N) is 3. The summed E-state index contributed by atoms with van der Waals surface area (Å²) in [4.78, 5) is 17.0. The van der Waals surface area contributed by atoms with Crippen LogP contribution in [0.2, 0.25) is 0 Å². The standard InChI is InChI=1S/C12H13N3O/c13-7-11-4-1-5-14-12(11)15-6-2-3-10(8-15)9-16/h1,4-5,9-10H,2-3,6,8H2. The summed E-state index contributed by atoms with van der Waals surface area (Å²) in [6, 6.07) is 5.64. The molecule has 0 amide bonds. The Bertz CT molecular complexity index is 425. The minimum Gasteiger partial charge on any atom is -0.355 e. The van der Waals surface area contributed by atoms with Gasteiger partial charge in [-0.15, -0.1) is 0 Å². The van der Waals surface area contributed by atoms with Crippen molar-refractivity contribution in [2.24, 2.45) is 5.92 Å². The lowest BCUT2D eigenvalue weighted by atomic mass is 9.99. The molecule has 0 aliphatic carbocycles. The summed E-state index contributed by atoms with van der Waals surface area (Å²) in [5, 5.41) is 8.99. The van der Waals surface area contributed by atoms with Gasteiger partial charge in [0, 0.05) is 25.2 Å². The zero-order valence-electron chi connectivity index (χ0n) is 8.97. The van der Waals surface area contributed by atoms with Gasteiger partial charge in [0.25, 0.3) is 0 Å². The van der Waals surface area contributed by atoms with E-state index in [0.29, 0.717) is 17.9 Å². The van der Waals surface area contributed by atoms with Crippen molar-refractivity contribution < 1.29 is 4.79 Å². The summed E-state index contributed by atoms with van der Waals surface area (Å²) < 4.78 is 0. The first-order valence-electron chi connectivity index (χ1n) is 5.40. The van der Waals surface area contributed by atoms with E-state index < -0.39 is 0 Å². The van der Waals surface area contributed by atoms with E-state index in [-0.39, 0.29) is 5.92 Å². The number of aromatic nitrogens is 1.